The summed E-state index contributed by atoms with van der Waals surface area (Å²) in [5.74, 6) is 0.232. The van der Waals surface area contributed by atoms with Crippen molar-refractivity contribution in [2.24, 2.45) is 0 Å². The van der Waals surface area contributed by atoms with Crippen LogP contribution < -0.4 is 5.32 Å². The van der Waals surface area contributed by atoms with E-state index in [1.165, 1.54) is 6.07 Å². The van der Waals surface area contributed by atoms with Crippen LogP contribution in [0.4, 0.5) is 13.2 Å². The fourth-order valence-electron chi connectivity index (χ4n) is 2.73. The standard InChI is InChI=1S/C17H14F3N3O2/c18-17(19,20)15-4-2-11(8-22-15)16-23-12-3-1-10(7-13(12)25-16)14-9-21-5-6-24-14/h1-4,7-8,14,21H,5-6,9H2/t14-/m0/s1. The van der Waals surface area contributed by atoms with Gasteiger partial charge in [0, 0.05) is 19.3 Å². The summed E-state index contributed by atoms with van der Waals surface area (Å²) in [6.07, 6.45) is -3.41. The van der Waals surface area contributed by atoms with Crippen LogP contribution in [0.1, 0.15) is 17.4 Å². The van der Waals surface area contributed by atoms with Crippen LogP contribution in [-0.4, -0.2) is 29.7 Å². The summed E-state index contributed by atoms with van der Waals surface area (Å²) in [5.41, 5.74) is 1.59. The minimum atomic E-state index is -4.47. The average molecular weight is 349 g/mol. The fraction of sp³-hybridized carbons (Fsp3) is 0.294. The fourth-order valence-corrected chi connectivity index (χ4v) is 2.73. The second kappa shape index (κ2) is 6.12. The monoisotopic (exact) mass is 349 g/mol. The molecule has 0 aliphatic carbocycles. The van der Waals surface area contributed by atoms with Crippen molar-refractivity contribution in [3.63, 3.8) is 0 Å². The van der Waals surface area contributed by atoms with Gasteiger partial charge in [0.1, 0.15) is 11.2 Å². The van der Waals surface area contributed by atoms with Crippen LogP contribution in [0.2, 0.25) is 0 Å². The third-order valence-electron chi connectivity index (χ3n) is 4.01. The van der Waals surface area contributed by atoms with Crippen molar-refractivity contribution in [1.82, 2.24) is 15.3 Å². The van der Waals surface area contributed by atoms with E-state index in [0.717, 1.165) is 30.9 Å². The van der Waals surface area contributed by atoms with Crippen LogP contribution in [-0.2, 0) is 10.9 Å². The maximum absolute atomic E-state index is 12.6. The lowest BCUT2D eigenvalue weighted by Gasteiger charge is -2.23. The van der Waals surface area contributed by atoms with Gasteiger partial charge in [-0.25, -0.2) is 4.98 Å². The van der Waals surface area contributed by atoms with Crippen LogP contribution in [0.25, 0.3) is 22.6 Å². The number of oxazole rings is 1. The van der Waals surface area contributed by atoms with E-state index in [4.69, 9.17) is 9.15 Å². The summed E-state index contributed by atoms with van der Waals surface area (Å²) in [4.78, 5) is 7.75. The highest BCUT2D eigenvalue weighted by molar-refractivity contribution is 5.76. The molecule has 1 aliphatic rings. The normalized spacial score (nSPS) is 18.6. The molecular formula is C17H14F3N3O2. The van der Waals surface area contributed by atoms with Gasteiger partial charge in [-0.2, -0.15) is 13.2 Å². The summed E-state index contributed by atoms with van der Waals surface area (Å²) in [6.45, 7) is 2.18. The molecule has 0 amide bonds. The number of benzene rings is 1. The number of nitrogens with one attached hydrogen (secondary N) is 1. The number of ether oxygens (including phenoxy) is 1. The molecule has 1 N–H and O–H groups in total. The number of morpholine rings is 1. The Kier molecular flexibility index (Phi) is 3.93. The van der Waals surface area contributed by atoms with Gasteiger partial charge < -0.3 is 14.5 Å². The molecule has 3 aromatic rings. The summed E-state index contributed by atoms with van der Waals surface area (Å²) in [5, 5.41) is 3.26. The minimum absolute atomic E-state index is 0.0561. The topological polar surface area (TPSA) is 60.2 Å². The molecule has 130 valence electrons. The molecule has 0 unspecified atom stereocenters. The van der Waals surface area contributed by atoms with Gasteiger partial charge in [-0.15, -0.1) is 0 Å². The number of aromatic nitrogens is 2. The summed E-state index contributed by atoms with van der Waals surface area (Å²) in [7, 11) is 0. The van der Waals surface area contributed by atoms with Crippen molar-refractivity contribution in [3.8, 4) is 11.5 Å². The van der Waals surface area contributed by atoms with E-state index >= 15 is 0 Å². The van der Waals surface area contributed by atoms with Crippen LogP contribution in [0.3, 0.4) is 0 Å². The number of hydrogen-bond acceptors (Lipinski definition) is 5. The molecule has 0 radical (unpaired) electrons. The smallest absolute Gasteiger partial charge is 0.433 e. The van der Waals surface area contributed by atoms with Crippen molar-refractivity contribution in [3.05, 3.63) is 47.8 Å². The Morgan fingerprint density at radius 3 is 2.72 bits per heavy atom. The van der Waals surface area contributed by atoms with Gasteiger partial charge in [0.05, 0.1) is 18.3 Å². The lowest BCUT2D eigenvalue weighted by Crippen LogP contribution is -2.33. The number of fused-ring (bicyclic) bond motifs is 1. The van der Waals surface area contributed by atoms with Crippen LogP contribution in [0.15, 0.2) is 40.9 Å². The van der Waals surface area contributed by atoms with Gasteiger partial charge in [0.25, 0.3) is 0 Å². The van der Waals surface area contributed by atoms with Crippen LogP contribution >= 0.6 is 0 Å². The maximum Gasteiger partial charge on any atom is 0.433 e. The Labute approximate surface area is 140 Å². The zero-order valence-electron chi connectivity index (χ0n) is 13.0. The van der Waals surface area contributed by atoms with E-state index in [-0.39, 0.29) is 12.0 Å². The molecule has 0 bridgehead atoms. The predicted octanol–water partition coefficient (Wildman–Crippen LogP) is 3.57. The summed E-state index contributed by atoms with van der Waals surface area (Å²) < 4.78 is 49.2. The maximum atomic E-state index is 12.6. The lowest BCUT2D eigenvalue weighted by atomic mass is 10.1. The molecular weight excluding hydrogens is 335 g/mol. The summed E-state index contributed by atoms with van der Waals surface area (Å²) >= 11 is 0. The first-order valence-corrected chi connectivity index (χ1v) is 7.77. The largest absolute Gasteiger partial charge is 0.436 e. The van der Waals surface area contributed by atoms with E-state index in [9.17, 15) is 13.2 Å². The molecule has 5 nitrogen and oxygen atoms in total. The summed E-state index contributed by atoms with van der Waals surface area (Å²) in [6, 6.07) is 7.79. The molecule has 1 aliphatic heterocycles. The molecule has 3 heterocycles. The Hall–Kier alpha value is -2.45. The predicted molar refractivity (Wildman–Crippen MR) is 83.8 cm³/mol. The number of pyridine rings is 1. The van der Waals surface area contributed by atoms with Gasteiger partial charge in [-0.1, -0.05) is 6.07 Å². The first-order valence-electron chi connectivity index (χ1n) is 7.77. The average Bonchev–Trinajstić information content (AvgIpc) is 3.05. The number of alkyl halides is 3. The van der Waals surface area contributed by atoms with Gasteiger partial charge in [0.2, 0.25) is 5.89 Å². The molecule has 4 rings (SSSR count). The second-order valence-electron chi connectivity index (χ2n) is 5.74. The third-order valence-corrected chi connectivity index (χ3v) is 4.01. The van der Waals surface area contributed by atoms with Crippen molar-refractivity contribution in [2.75, 3.05) is 19.7 Å². The molecule has 0 saturated carbocycles. The molecule has 0 spiro atoms. The SMILES string of the molecule is FC(F)(F)c1ccc(-c2nc3ccc([C@@H]4CNCCO4)cc3o2)cn1. The zero-order valence-corrected chi connectivity index (χ0v) is 13.0. The number of rotatable bonds is 2. The van der Waals surface area contributed by atoms with Gasteiger partial charge >= 0.3 is 6.18 Å². The Balaban J connectivity index is 1.64. The van der Waals surface area contributed by atoms with Gasteiger partial charge in [0.15, 0.2) is 5.58 Å². The first-order chi connectivity index (χ1) is 12.0. The van der Waals surface area contributed by atoms with Crippen molar-refractivity contribution < 1.29 is 22.3 Å². The lowest BCUT2D eigenvalue weighted by molar-refractivity contribution is -0.141. The van der Waals surface area contributed by atoms with Crippen molar-refractivity contribution >= 4 is 11.1 Å². The van der Waals surface area contributed by atoms with Crippen molar-refractivity contribution in [2.45, 2.75) is 12.3 Å². The number of halogens is 3. The number of nitrogens with zero attached hydrogens (tertiary/aromatic N) is 2. The van der Waals surface area contributed by atoms with Crippen LogP contribution in [0.5, 0.6) is 0 Å². The quantitative estimate of drug-likeness (QED) is 0.766. The highest BCUT2D eigenvalue weighted by atomic mass is 19.4. The molecule has 25 heavy (non-hydrogen) atoms. The molecule has 1 aromatic carbocycles. The molecule has 1 atom stereocenters. The Morgan fingerprint density at radius 1 is 1.16 bits per heavy atom. The molecule has 1 fully saturated rings. The van der Waals surface area contributed by atoms with E-state index < -0.39 is 11.9 Å². The van der Waals surface area contributed by atoms with E-state index in [1.54, 1.807) is 0 Å². The highest BCUT2D eigenvalue weighted by Crippen LogP contribution is 2.30. The van der Waals surface area contributed by atoms with E-state index in [1.807, 2.05) is 18.2 Å². The molecule has 2 aromatic heterocycles. The third kappa shape index (κ3) is 3.22. The van der Waals surface area contributed by atoms with Crippen molar-refractivity contribution in [1.29, 1.82) is 0 Å². The Bertz CT molecular complexity index is 884. The minimum Gasteiger partial charge on any atom is -0.436 e. The molecule has 8 heteroatoms. The second-order valence-corrected chi connectivity index (χ2v) is 5.74. The van der Waals surface area contributed by atoms with Gasteiger partial charge in [-0.3, -0.25) is 4.98 Å². The zero-order chi connectivity index (χ0) is 17.4. The number of hydrogen-bond donors (Lipinski definition) is 1. The van der Waals surface area contributed by atoms with Crippen LogP contribution in [0, 0.1) is 0 Å². The van der Waals surface area contributed by atoms with E-state index in [2.05, 4.69) is 15.3 Å². The molecule has 1 saturated heterocycles. The van der Waals surface area contributed by atoms with E-state index in [0.29, 0.717) is 23.3 Å². The highest BCUT2D eigenvalue weighted by Gasteiger charge is 2.32. The van der Waals surface area contributed by atoms with Gasteiger partial charge in [-0.05, 0) is 29.8 Å². The first kappa shape index (κ1) is 16.0. The Morgan fingerprint density at radius 2 is 2.04 bits per heavy atom.